The summed E-state index contributed by atoms with van der Waals surface area (Å²) in [6.45, 7) is 0. The van der Waals surface area contributed by atoms with E-state index in [1.807, 2.05) is 30.3 Å². The standard InChI is InChI=1S/C15H9ClFN3OS/c16-10-6-7-11(12(17)8-10)14(21)19-15-18-13(20-22-15)9-4-2-1-3-5-9/h1-8H,(H,18,19,20,21). The molecule has 0 radical (unpaired) electrons. The van der Waals surface area contributed by atoms with Crippen LogP contribution < -0.4 is 5.32 Å². The third-order valence-corrected chi connectivity index (χ3v) is 3.72. The van der Waals surface area contributed by atoms with Crippen molar-refractivity contribution < 1.29 is 9.18 Å². The summed E-state index contributed by atoms with van der Waals surface area (Å²) in [6, 6.07) is 13.2. The molecule has 0 saturated carbocycles. The summed E-state index contributed by atoms with van der Waals surface area (Å²) in [5.41, 5.74) is 0.748. The molecule has 1 heterocycles. The fourth-order valence-electron chi connectivity index (χ4n) is 1.82. The number of nitrogens with one attached hydrogen (secondary N) is 1. The van der Waals surface area contributed by atoms with Gasteiger partial charge in [-0.3, -0.25) is 10.1 Å². The maximum Gasteiger partial charge on any atom is 0.260 e. The molecule has 0 spiro atoms. The number of carbonyl (C=O) groups is 1. The van der Waals surface area contributed by atoms with E-state index in [0.29, 0.717) is 11.0 Å². The van der Waals surface area contributed by atoms with Crippen LogP contribution in [0.1, 0.15) is 10.4 Å². The van der Waals surface area contributed by atoms with E-state index in [2.05, 4.69) is 14.7 Å². The molecular formula is C15H9ClFN3OS. The summed E-state index contributed by atoms with van der Waals surface area (Å²) in [4.78, 5) is 16.3. The van der Waals surface area contributed by atoms with Gasteiger partial charge in [-0.1, -0.05) is 41.9 Å². The van der Waals surface area contributed by atoms with Gasteiger partial charge in [0.25, 0.3) is 5.91 Å². The van der Waals surface area contributed by atoms with E-state index >= 15 is 0 Å². The molecule has 3 rings (SSSR count). The summed E-state index contributed by atoms with van der Waals surface area (Å²) in [5.74, 6) is -0.764. The lowest BCUT2D eigenvalue weighted by Crippen LogP contribution is -2.13. The Morgan fingerprint density at radius 1 is 1.18 bits per heavy atom. The van der Waals surface area contributed by atoms with Gasteiger partial charge in [0.2, 0.25) is 5.13 Å². The highest BCUT2D eigenvalue weighted by atomic mass is 35.5. The first-order chi connectivity index (χ1) is 10.6. The van der Waals surface area contributed by atoms with E-state index in [9.17, 15) is 9.18 Å². The lowest BCUT2D eigenvalue weighted by Gasteiger charge is -2.02. The summed E-state index contributed by atoms with van der Waals surface area (Å²) in [6.07, 6.45) is 0. The number of hydrogen-bond donors (Lipinski definition) is 1. The molecule has 2 aromatic carbocycles. The van der Waals surface area contributed by atoms with E-state index in [1.165, 1.54) is 12.1 Å². The Labute approximate surface area is 134 Å². The number of amides is 1. The van der Waals surface area contributed by atoms with E-state index in [-0.39, 0.29) is 10.6 Å². The second kappa shape index (κ2) is 6.21. The van der Waals surface area contributed by atoms with Crippen LogP contribution in [0.4, 0.5) is 9.52 Å². The van der Waals surface area contributed by atoms with Crippen molar-refractivity contribution >= 4 is 34.2 Å². The maximum atomic E-state index is 13.7. The lowest BCUT2D eigenvalue weighted by molar-refractivity contribution is 0.102. The van der Waals surface area contributed by atoms with Crippen LogP contribution in [0, 0.1) is 5.82 Å². The molecule has 0 aliphatic carbocycles. The van der Waals surface area contributed by atoms with Crippen LogP contribution in [0.25, 0.3) is 11.4 Å². The molecule has 1 amide bonds. The summed E-state index contributed by atoms with van der Waals surface area (Å²) < 4.78 is 17.9. The quantitative estimate of drug-likeness (QED) is 0.779. The Morgan fingerprint density at radius 2 is 1.95 bits per heavy atom. The molecule has 3 aromatic rings. The van der Waals surface area contributed by atoms with Gasteiger partial charge >= 0.3 is 0 Å². The van der Waals surface area contributed by atoms with Gasteiger partial charge in [0.1, 0.15) is 5.82 Å². The molecule has 0 aliphatic heterocycles. The number of anilines is 1. The fraction of sp³-hybridized carbons (Fsp3) is 0. The van der Waals surface area contributed by atoms with Crippen LogP contribution in [0.3, 0.4) is 0 Å². The Balaban J connectivity index is 1.79. The molecule has 1 aromatic heterocycles. The second-order valence-electron chi connectivity index (χ2n) is 4.37. The zero-order valence-corrected chi connectivity index (χ0v) is 12.7. The van der Waals surface area contributed by atoms with Crippen LogP contribution in [0.5, 0.6) is 0 Å². The van der Waals surface area contributed by atoms with Gasteiger partial charge in [0.15, 0.2) is 5.82 Å². The minimum absolute atomic E-state index is 0.0964. The van der Waals surface area contributed by atoms with Crippen molar-refractivity contribution in [2.75, 3.05) is 5.32 Å². The van der Waals surface area contributed by atoms with Crippen molar-refractivity contribution in [3.05, 3.63) is 64.9 Å². The Morgan fingerprint density at radius 3 is 2.68 bits per heavy atom. The molecule has 22 heavy (non-hydrogen) atoms. The van der Waals surface area contributed by atoms with E-state index in [0.717, 1.165) is 23.2 Å². The zero-order chi connectivity index (χ0) is 15.5. The average molecular weight is 334 g/mol. The normalized spacial score (nSPS) is 10.5. The number of halogens is 2. The van der Waals surface area contributed by atoms with Gasteiger partial charge in [0, 0.05) is 22.1 Å². The minimum Gasteiger partial charge on any atom is -0.296 e. The molecule has 4 nitrogen and oxygen atoms in total. The summed E-state index contributed by atoms with van der Waals surface area (Å²) in [5, 5.41) is 3.07. The molecule has 0 bridgehead atoms. The fourth-order valence-corrected chi connectivity index (χ4v) is 2.56. The van der Waals surface area contributed by atoms with Crippen LogP contribution >= 0.6 is 23.1 Å². The highest BCUT2D eigenvalue weighted by Crippen LogP contribution is 2.22. The monoisotopic (exact) mass is 333 g/mol. The largest absolute Gasteiger partial charge is 0.296 e. The van der Waals surface area contributed by atoms with Crippen molar-refractivity contribution in [2.24, 2.45) is 0 Å². The summed E-state index contributed by atoms with van der Waals surface area (Å²) in [7, 11) is 0. The first-order valence-corrected chi connectivity index (χ1v) is 7.44. The number of aromatic nitrogens is 2. The third-order valence-electron chi connectivity index (χ3n) is 2.85. The highest BCUT2D eigenvalue weighted by Gasteiger charge is 2.15. The molecule has 110 valence electrons. The molecule has 0 atom stereocenters. The van der Waals surface area contributed by atoms with E-state index in [1.54, 1.807) is 0 Å². The molecule has 0 unspecified atom stereocenters. The SMILES string of the molecule is O=C(Nc1nc(-c2ccccc2)ns1)c1ccc(Cl)cc1F. The van der Waals surface area contributed by atoms with Crippen molar-refractivity contribution in [2.45, 2.75) is 0 Å². The highest BCUT2D eigenvalue weighted by molar-refractivity contribution is 7.10. The second-order valence-corrected chi connectivity index (χ2v) is 5.56. The number of carbonyl (C=O) groups excluding carboxylic acids is 1. The van der Waals surface area contributed by atoms with E-state index < -0.39 is 11.7 Å². The number of hydrogen-bond acceptors (Lipinski definition) is 4. The van der Waals surface area contributed by atoms with Crippen LogP contribution in [-0.2, 0) is 0 Å². The number of nitrogens with zero attached hydrogens (tertiary/aromatic N) is 2. The van der Waals surface area contributed by atoms with E-state index in [4.69, 9.17) is 11.6 Å². The predicted molar refractivity (Wildman–Crippen MR) is 84.7 cm³/mol. The smallest absolute Gasteiger partial charge is 0.260 e. The van der Waals surface area contributed by atoms with Crippen molar-refractivity contribution in [3.8, 4) is 11.4 Å². The third kappa shape index (κ3) is 3.13. The Kier molecular flexibility index (Phi) is 4.13. The number of rotatable bonds is 3. The van der Waals surface area contributed by atoms with Gasteiger partial charge in [-0.15, -0.1) is 0 Å². The van der Waals surface area contributed by atoms with Crippen molar-refractivity contribution in [3.63, 3.8) is 0 Å². The Bertz CT molecular complexity index is 823. The molecule has 1 N–H and O–H groups in total. The van der Waals surface area contributed by atoms with Gasteiger partial charge in [-0.25, -0.2) is 4.39 Å². The molecule has 7 heteroatoms. The van der Waals surface area contributed by atoms with Crippen LogP contribution in [-0.4, -0.2) is 15.3 Å². The lowest BCUT2D eigenvalue weighted by atomic mass is 10.2. The first-order valence-electron chi connectivity index (χ1n) is 6.29. The first kappa shape index (κ1) is 14.6. The van der Waals surface area contributed by atoms with Crippen LogP contribution in [0.2, 0.25) is 5.02 Å². The number of benzene rings is 2. The molecule has 0 saturated heterocycles. The van der Waals surface area contributed by atoms with Crippen LogP contribution in [0.15, 0.2) is 48.5 Å². The molecule has 0 fully saturated rings. The van der Waals surface area contributed by atoms with Gasteiger partial charge in [0.05, 0.1) is 5.56 Å². The van der Waals surface area contributed by atoms with Gasteiger partial charge < -0.3 is 0 Å². The Hall–Kier alpha value is -2.31. The molecule has 0 aliphatic rings. The van der Waals surface area contributed by atoms with Crippen molar-refractivity contribution in [1.29, 1.82) is 0 Å². The molecular weight excluding hydrogens is 325 g/mol. The average Bonchev–Trinajstić information content (AvgIpc) is 2.96. The zero-order valence-electron chi connectivity index (χ0n) is 11.1. The van der Waals surface area contributed by atoms with Gasteiger partial charge in [-0.05, 0) is 18.2 Å². The van der Waals surface area contributed by atoms with Crippen molar-refractivity contribution in [1.82, 2.24) is 9.36 Å². The van der Waals surface area contributed by atoms with Gasteiger partial charge in [-0.2, -0.15) is 9.36 Å². The topological polar surface area (TPSA) is 54.9 Å². The maximum absolute atomic E-state index is 13.7. The summed E-state index contributed by atoms with van der Waals surface area (Å²) >= 11 is 6.70. The minimum atomic E-state index is -0.683. The predicted octanol–water partition coefficient (Wildman–Crippen LogP) is 4.25.